The second-order valence-electron chi connectivity index (χ2n) is 4.01. The van der Waals surface area contributed by atoms with Crippen molar-refractivity contribution in [1.29, 1.82) is 0 Å². The van der Waals surface area contributed by atoms with Gasteiger partial charge in [-0.3, -0.25) is 4.98 Å². The van der Waals surface area contributed by atoms with Crippen LogP contribution >= 0.6 is 0 Å². The lowest BCUT2D eigenvalue weighted by atomic mass is 10.2. The minimum atomic E-state index is 0.538. The summed E-state index contributed by atoms with van der Waals surface area (Å²) in [6.07, 6.45) is 3.65. The predicted molar refractivity (Wildman–Crippen MR) is 67.6 cm³/mol. The Morgan fingerprint density at radius 3 is 2.53 bits per heavy atom. The average Bonchev–Trinajstić information content (AvgIpc) is 2.37. The van der Waals surface area contributed by atoms with Crippen LogP contribution in [0.3, 0.4) is 0 Å². The molecule has 2 N–H and O–H groups in total. The fourth-order valence-corrected chi connectivity index (χ4v) is 1.58. The van der Waals surface area contributed by atoms with Gasteiger partial charge in [-0.25, -0.2) is 0 Å². The Labute approximate surface area is 101 Å². The van der Waals surface area contributed by atoms with Gasteiger partial charge in [0.25, 0.3) is 0 Å². The third-order valence-electron chi connectivity index (χ3n) is 2.50. The number of hydrogen-bond donors (Lipinski definition) is 1. The highest BCUT2D eigenvalue weighted by Gasteiger charge is 1.97. The van der Waals surface area contributed by atoms with Gasteiger partial charge in [0.15, 0.2) is 0 Å². The normalized spacial score (nSPS) is 10.2. The van der Waals surface area contributed by atoms with Crippen LogP contribution in [0.15, 0.2) is 42.7 Å². The van der Waals surface area contributed by atoms with Crippen LogP contribution in [0.5, 0.6) is 5.75 Å². The maximum absolute atomic E-state index is 5.67. The molecule has 0 aliphatic heterocycles. The molecule has 0 aliphatic rings. The van der Waals surface area contributed by atoms with E-state index in [2.05, 4.69) is 11.1 Å². The molecular formula is C14H16N2O. The number of nitrogens with two attached hydrogens (primary N) is 1. The Balaban J connectivity index is 1.97. The molecule has 3 nitrogen and oxygen atoms in total. The lowest BCUT2D eigenvalue weighted by Gasteiger charge is -2.07. The van der Waals surface area contributed by atoms with Gasteiger partial charge in [-0.2, -0.15) is 0 Å². The molecule has 0 radical (unpaired) electrons. The monoisotopic (exact) mass is 228 g/mol. The molecule has 17 heavy (non-hydrogen) atoms. The maximum atomic E-state index is 5.67. The van der Waals surface area contributed by atoms with E-state index >= 15 is 0 Å². The minimum absolute atomic E-state index is 0.538. The zero-order valence-electron chi connectivity index (χ0n) is 9.89. The van der Waals surface area contributed by atoms with Crippen molar-refractivity contribution in [2.75, 3.05) is 0 Å². The third kappa shape index (κ3) is 3.29. The van der Waals surface area contributed by atoms with E-state index in [1.54, 1.807) is 0 Å². The quantitative estimate of drug-likeness (QED) is 0.874. The molecule has 0 unspecified atom stereocenters. The summed E-state index contributed by atoms with van der Waals surface area (Å²) in [5, 5.41) is 0. The summed E-state index contributed by atoms with van der Waals surface area (Å²) in [6.45, 7) is 3.12. The fourth-order valence-electron chi connectivity index (χ4n) is 1.58. The molecule has 88 valence electrons. The van der Waals surface area contributed by atoms with Gasteiger partial charge in [-0.1, -0.05) is 12.1 Å². The standard InChI is InChI=1S/C14H16N2O/c1-11-6-13(9-16-8-11)10-17-14-4-2-12(7-15)3-5-14/h2-6,8-9H,7,10,15H2,1H3. The van der Waals surface area contributed by atoms with Gasteiger partial charge in [-0.15, -0.1) is 0 Å². The lowest BCUT2D eigenvalue weighted by Crippen LogP contribution is -1.98. The van der Waals surface area contributed by atoms with Crippen molar-refractivity contribution < 1.29 is 4.74 Å². The highest BCUT2D eigenvalue weighted by molar-refractivity contribution is 5.27. The van der Waals surface area contributed by atoms with Crippen molar-refractivity contribution in [1.82, 2.24) is 4.98 Å². The van der Waals surface area contributed by atoms with E-state index in [1.807, 2.05) is 43.6 Å². The average molecular weight is 228 g/mol. The Morgan fingerprint density at radius 2 is 1.88 bits per heavy atom. The first-order chi connectivity index (χ1) is 8.28. The number of benzene rings is 1. The summed E-state index contributed by atoms with van der Waals surface area (Å²) in [5.41, 5.74) is 8.86. The summed E-state index contributed by atoms with van der Waals surface area (Å²) in [4.78, 5) is 4.13. The van der Waals surface area contributed by atoms with Crippen molar-refractivity contribution >= 4 is 0 Å². The lowest BCUT2D eigenvalue weighted by molar-refractivity contribution is 0.305. The Bertz CT molecular complexity index is 480. The van der Waals surface area contributed by atoms with Crippen LogP contribution in [0, 0.1) is 6.92 Å². The van der Waals surface area contributed by atoms with Gasteiger partial charge in [0.05, 0.1) is 0 Å². The van der Waals surface area contributed by atoms with E-state index in [4.69, 9.17) is 10.5 Å². The van der Waals surface area contributed by atoms with Crippen molar-refractivity contribution in [2.24, 2.45) is 5.73 Å². The molecule has 0 bridgehead atoms. The largest absolute Gasteiger partial charge is 0.489 e. The zero-order chi connectivity index (χ0) is 12.1. The molecule has 0 amide bonds. The summed E-state index contributed by atoms with van der Waals surface area (Å²) in [5.74, 6) is 0.851. The molecule has 0 saturated heterocycles. The first-order valence-electron chi connectivity index (χ1n) is 5.60. The molecule has 0 saturated carbocycles. The summed E-state index contributed by atoms with van der Waals surface area (Å²) in [7, 11) is 0. The number of rotatable bonds is 4. The molecule has 1 aromatic carbocycles. The van der Waals surface area contributed by atoms with Gasteiger partial charge in [-0.05, 0) is 36.2 Å². The van der Waals surface area contributed by atoms with Crippen LogP contribution in [0.1, 0.15) is 16.7 Å². The van der Waals surface area contributed by atoms with E-state index in [0.29, 0.717) is 13.2 Å². The molecule has 0 atom stereocenters. The van der Waals surface area contributed by atoms with Gasteiger partial charge in [0.2, 0.25) is 0 Å². The molecule has 2 rings (SSSR count). The number of pyridine rings is 1. The molecule has 0 aliphatic carbocycles. The van der Waals surface area contributed by atoms with Crippen LogP contribution in [-0.4, -0.2) is 4.98 Å². The van der Waals surface area contributed by atoms with Crippen molar-refractivity contribution in [3.63, 3.8) is 0 Å². The second-order valence-corrected chi connectivity index (χ2v) is 4.01. The molecule has 1 heterocycles. The van der Waals surface area contributed by atoms with Crippen LogP contribution < -0.4 is 10.5 Å². The van der Waals surface area contributed by atoms with Crippen LogP contribution in [0.25, 0.3) is 0 Å². The third-order valence-corrected chi connectivity index (χ3v) is 2.50. The highest BCUT2D eigenvalue weighted by Crippen LogP contribution is 2.14. The minimum Gasteiger partial charge on any atom is -0.489 e. The molecule has 2 aromatic rings. The number of nitrogens with zero attached hydrogens (tertiary/aromatic N) is 1. The van der Waals surface area contributed by atoms with Crippen LogP contribution in [0.2, 0.25) is 0 Å². The van der Waals surface area contributed by atoms with E-state index in [-0.39, 0.29) is 0 Å². The smallest absolute Gasteiger partial charge is 0.119 e. The van der Waals surface area contributed by atoms with Gasteiger partial charge < -0.3 is 10.5 Å². The topological polar surface area (TPSA) is 48.1 Å². The van der Waals surface area contributed by atoms with Crippen LogP contribution in [0.4, 0.5) is 0 Å². The molecule has 3 heteroatoms. The summed E-state index contributed by atoms with van der Waals surface area (Å²) >= 11 is 0. The van der Waals surface area contributed by atoms with E-state index < -0.39 is 0 Å². The first-order valence-corrected chi connectivity index (χ1v) is 5.60. The van der Waals surface area contributed by atoms with Crippen molar-refractivity contribution in [2.45, 2.75) is 20.1 Å². The maximum Gasteiger partial charge on any atom is 0.119 e. The Hall–Kier alpha value is -1.87. The van der Waals surface area contributed by atoms with Gasteiger partial charge >= 0.3 is 0 Å². The van der Waals surface area contributed by atoms with Crippen molar-refractivity contribution in [3.05, 3.63) is 59.4 Å². The number of aromatic nitrogens is 1. The molecule has 0 spiro atoms. The highest BCUT2D eigenvalue weighted by atomic mass is 16.5. The fraction of sp³-hybridized carbons (Fsp3) is 0.214. The number of ether oxygens (including phenoxy) is 1. The van der Waals surface area contributed by atoms with Gasteiger partial charge in [0.1, 0.15) is 12.4 Å². The second kappa shape index (κ2) is 5.46. The Kier molecular flexibility index (Phi) is 3.73. The molecule has 0 fully saturated rings. The number of aryl methyl sites for hydroxylation is 1. The molecule has 1 aromatic heterocycles. The molecular weight excluding hydrogens is 212 g/mol. The van der Waals surface area contributed by atoms with Gasteiger partial charge in [0, 0.05) is 24.5 Å². The van der Waals surface area contributed by atoms with E-state index in [1.165, 1.54) is 0 Å². The SMILES string of the molecule is Cc1cncc(COc2ccc(CN)cc2)c1. The zero-order valence-corrected chi connectivity index (χ0v) is 9.89. The number of hydrogen-bond acceptors (Lipinski definition) is 3. The Morgan fingerprint density at radius 1 is 1.12 bits per heavy atom. The van der Waals surface area contributed by atoms with E-state index in [9.17, 15) is 0 Å². The van der Waals surface area contributed by atoms with Crippen LogP contribution in [-0.2, 0) is 13.2 Å². The van der Waals surface area contributed by atoms with E-state index in [0.717, 1.165) is 22.4 Å². The summed E-state index contributed by atoms with van der Waals surface area (Å²) in [6, 6.07) is 9.89. The predicted octanol–water partition coefficient (Wildman–Crippen LogP) is 2.43. The first kappa shape index (κ1) is 11.6. The van der Waals surface area contributed by atoms with Crippen molar-refractivity contribution in [3.8, 4) is 5.75 Å². The summed E-state index contributed by atoms with van der Waals surface area (Å²) < 4.78 is 5.67.